The van der Waals surface area contributed by atoms with Crippen LogP contribution in [0.2, 0.25) is 0 Å². The topological polar surface area (TPSA) is 88.2 Å². The fraction of sp³-hybridized carbons (Fsp3) is 0.611. The molecule has 0 spiro atoms. The van der Waals surface area contributed by atoms with Gasteiger partial charge in [-0.3, -0.25) is 14.4 Å². The molecule has 8 nitrogen and oxygen atoms in total. The zero-order valence-corrected chi connectivity index (χ0v) is 16.8. The Morgan fingerprint density at radius 1 is 1.07 bits per heavy atom. The number of likely N-dealkylation sites (N-methyl/N-ethyl adjacent to an activating group) is 1. The van der Waals surface area contributed by atoms with Crippen molar-refractivity contribution in [3.63, 3.8) is 0 Å². The summed E-state index contributed by atoms with van der Waals surface area (Å²) < 4.78 is 36.6. The van der Waals surface area contributed by atoms with Crippen molar-refractivity contribution in [2.24, 2.45) is 0 Å². The van der Waals surface area contributed by atoms with E-state index in [1.807, 2.05) is 0 Å². The van der Waals surface area contributed by atoms with Crippen LogP contribution in [0, 0.1) is 0 Å². The number of ether oxygens (including phenoxy) is 2. The molecule has 152 valence electrons. The number of ketones is 1. The summed E-state index contributed by atoms with van der Waals surface area (Å²) >= 11 is 0. The van der Waals surface area contributed by atoms with Crippen LogP contribution in [-0.2, 0) is 19.5 Å². The number of methoxy groups -OCH3 is 1. The minimum atomic E-state index is -3.50. The molecular weight excluding hydrogens is 370 g/mol. The average Bonchev–Trinajstić information content (AvgIpc) is 2.63. The van der Waals surface area contributed by atoms with E-state index in [0.29, 0.717) is 31.0 Å². The number of anilines is 1. The third-order valence-electron chi connectivity index (χ3n) is 4.37. The molecule has 0 radical (unpaired) electrons. The molecule has 0 bridgehead atoms. The quantitative estimate of drug-likeness (QED) is 0.429. The Balaban J connectivity index is 1.80. The van der Waals surface area contributed by atoms with Gasteiger partial charge < -0.3 is 14.4 Å². The van der Waals surface area contributed by atoms with E-state index in [0.717, 1.165) is 26.2 Å². The number of piperazine rings is 1. The zero-order valence-electron chi connectivity index (χ0n) is 16.0. The van der Waals surface area contributed by atoms with E-state index in [1.165, 1.54) is 0 Å². The van der Waals surface area contributed by atoms with Crippen molar-refractivity contribution in [1.29, 1.82) is 0 Å². The summed E-state index contributed by atoms with van der Waals surface area (Å²) in [6, 6.07) is 6.54. The molecule has 1 aliphatic heterocycles. The zero-order chi connectivity index (χ0) is 19.7. The minimum Gasteiger partial charge on any atom is -0.382 e. The monoisotopic (exact) mass is 399 g/mol. The molecule has 1 fully saturated rings. The first-order chi connectivity index (χ1) is 12.9. The fourth-order valence-corrected chi connectivity index (χ4v) is 3.60. The highest BCUT2D eigenvalue weighted by Crippen LogP contribution is 2.13. The van der Waals surface area contributed by atoms with Gasteiger partial charge in [0.2, 0.25) is 10.0 Å². The summed E-state index contributed by atoms with van der Waals surface area (Å²) in [5.41, 5.74) is 1.02. The summed E-state index contributed by atoms with van der Waals surface area (Å²) in [6.07, 6.45) is 0. The van der Waals surface area contributed by atoms with Crippen molar-refractivity contribution >= 4 is 21.5 Å². The molecule has 2 rings (SSSR count). The SMILES string of the molecule is COCCOCCS(=O)(=O)Nc1ccc(C(=O)CN2CCN(C)CC2)cc1. The number of nitrogens with zero attached hydrogens (tertiary/aromatic N) is 2. The molecule has 1 aliphatic rings. The van der Waals surface area contributed by atoms with Crippen LogP contribution >= 0.6 is 0 Å². The lowest BCUT2D eigenvalue weighted by atomic mass is 10.1. The molecule has 0 aliphatic carbocycles. The van der Waals surface area contributed by atoms with Gasteiger partial charge in [-0.1, -0.05) is 0 Å². The molecule has 0 amide bonds. The molecular formula is C18H29N3O5S. The maximum Gasteiger partial charge on any atom is 0.234 e. The van der Waals surface area contributed by atoms with Crippen LogP contribution in [0.4, 0.5) is 5.69 Å². The lowest BCUT2D eigenvalue weighted by molar-refractivity contribution is 0.0785. The van der Waals surface area contributed by atoms with E-state index in [1.54, 1.807) is 31.4 Å². The summed E-state index contributed by atoms with van der Waals surface area (Å²) in [7, 11) is 0.134. The third-order valence-corrected chi connectivity index (χ3v) is 5.62. The van der Waals surface area contributed by atoms with Crippen molar-refractivity contribution in [2.75, 3.05) is 77.2 Å². The highest BCUT2D eigenvalue weighted by Gasteiger charge is 2.17. The van der Waals surface area contributed by atoms with E-state index in [9.17, 15) is 13.2 Å². The van der Waals surface area contributed by atoms with Gasteiger partial charge in [0.25, 0.3) is 0 Å². The Kier molecular flexibility index (Phi) is 8.65. The smallest absolute Gasteiger partial charge is 0.234 e. The maximum atomic E-state index is 12.4. The summed E-state index contributed by atoms with van der Waals surface area (Å²) in [5.74, 6) is -0.0960. The Labute approximate surface area is 161 Å². The van der Waals surface area contributed by atoms with Crippen molar-refractivity contribution < 1.29 is 22.7 Å². The predicted octanol–water partition coefficient (Wildman–Crippen LogP) is 0.521. The van der Waals surface area contributed by atoms with Crippen LogP contribution in [0.15, 0.2) is 24.3 Å². The number of hydrogen-bond acceptors (Lipinski definition) is 7. The van der Waals surface area contributed by atoms with Crippen molar-refractivity contribution in [1.82, 2.24) is 9.80 Å². The van der Waals surface area contributed by atoms with Crippen molar-refractivity contribution in [3.05, 3.63) is 29.8 Å². The van der Waals surface area contributed by atoms with E-state index >= 15 is 0 Å². The lowest BCUT2D eigenvalue weighted by Gasteiger charge is -2.31. The molecule has 0 unspecified atom stereocenters. The molecule has 0 saturated carbocycles. The van der Waals surface area contributed by atoms with Gasteiger partial charge in [0.15, 0.2) is 5.78 Å². The molecule has 1 heterocycles. The second-order valence-corrected chi connectivity index (χ2v) is 8.45. The molecule has 0 atom stereocenters. The van der Waals surface area contributed by atoms with Crippen molar-refractivity contribution in [3.8, 4) is 0 Å². The van der Waals surface area contributed by atoms with Crippen LogP contribution in [0.1, 0.15) is 10.4 Å². The molecule has 1 aromatic carbocycles. The van der Waals surface area contributed by atoms with Gasteiger partial charge >= 0.3 is 0 Å². The predicted molar refractivity (Wildman–Crippen MR) is 105 cm³/mol. The second-order valence-electron chi connectivity index (χ2n) is 6.61. The number of carbonyl (C=O) groups is 1. The number of sulfonamides is 1. The summed E-state index contributed by atoms with van der Waals surface area (Å²) in [5, 5.41) is 0. The number of rotatable bonds is 11. The van der Waals surface area contributed by atoms with E-state index in [-0.39, 0.29) is 18.1 Å². The minimum absolute atomic E-state index is 0.0421. The molecule has 1 N–H and O–H groups in total. The van der Waals surface area contributed by atoms with Crippen molar-refractivity contribution in [2.45, 2.75) is 0 Å². The van der Waals surface area contributed by atoms with E-state index < -0.39 is 10.0 Å². The number of benzene rings is 1. The third kappa shape index (κ3) is 7.94. The summed E-state index contributed by atoms with van der Waals surface area (Å²) in [4.78, 5) is 16.8. The normalized spacial score (nSPS) is 16.4. The average molecular weight is 400 g/mol. The van der Waals surface area contributed by atoms with Crippen LogP contribution in [0.25, 0.3) is 0 Å². The maximum absolute atomic E-state index is 12.4. The lowest BCUT2D eigenvalue weighted by Crippen LogP contribution is -2.46. The number of nitrogens with one attached hydrogen (secondary N) is 1. The van der Waals surface area contributed by atoms with Gasteiger partial charge in [-0.15, -0.1) is 0 Å². The van der Waals surface area contributed by atoms with Gasteiger partial charge in [-0.25, -0.2) is 8.42 Å². The van der Waals surface area contributed by atoms with E-state index in [2.05, 4.69) is 21.6 Å². The molecule has 27 heavy (non-hydrogen) atoms. The molecule has 0 aromatic heterocycles. The molecule has 9 heteroatoms. The first-order valence-corrected chi connectivity index (χ1v) is 10.7. The highest BCUT2D eigenvalue weighted by molar-refractivity contribution is 7.92. The van der Waals surface area contributed by atoms with Gasteiger partial charge in [-0.05, 0) is 31.3 Å². The summed E-state index contributed by atoms with van der Waals surface area (Å²) in [6.45, 7) is 4.96. The second kappa shape index (κ2) is 10.7. The number of hydrogen-bond donors (Lipinski definition) is 1. The van der Waals surface area contributed by atoms with Gasteiger partial charge in [-0.2, -0.15) is 0 Å². The molecule has 1 aromatic rings. The highest BCUT2D eigenvalue weighted by atomic mass is 32.2. The van der Waals surface area contributed by atoms with Gasteiger partial charge in [0, 0.05) is 44.5 Å². The Bertz CT molecular complexity index is 685. The largest absolute Gasteiger partial charge is 0.382 e. The standard InChI is InChI=1S/C18H29N3O5S/c1-20-7-9-21(10-8-20)15-18(22)16-3-5-17(6-4-16)19-27(23,24)14-13-26-12-11-25-2/h3-6,19H,7-15H2,1-2H3. The first kappa shape index (κ1) is 21.8. The molecule has 1 saturated heterocycles. The van der Waals surface area contributed by atoms with Crippen LogP contribution in [0.5, 0.6) is 0 Å². The Morgan fingerprint density at radius 2 is 1.74 bits per heavy atom. The fourth-order valence-electron chi connectivity index (χ4n) is 2.67. The van der Waals surface area contributed by atoms with Gasteiger partial charge in [0.05, 0.1) is 32.1 Å². The van der Waals surface area contributed by atoms with Crippen LogP contribution in [0.3, 0.4) is 0 Å². The first-order valence-electron chi connectivity index (χ1n) is 9.01. The number of Topliss-reactive ketones (excluding diaryl/α,β-unsaturated/α-hetero) is 1. The van der Waals surface area contributed by atoms with E-state index in [4.69, 9.17) is 9.47 Å². The van der Waals surface area contributed by atoms with Crippen LogP contribution < -0.4 is 4.72 Å². The Hall–Kier alpha value is -1.52. The van der Waals surface area contributed by atoms with Gasteiger partial charge in [0.1, 0.15) is 0 Å². The Morgan fingerprint density at radius 3 is 2.37 bits per heavy atom. The van der Waals surface area contributed by atoms with Crippen LogP contribution in [-0.4, -0.2) is 96.5 Å². The number of carbonyl (C=O) groups excluding carboxylic acids is 1.